The third-order valence-electron chi connectivity index (χ3n) is 3.31. The molecule has 0 aliphatic carbocycles. The van der Waals surface area contributed by atoms with Crippen molar-refractivity contribution in [1.82, 2.24) is 15.1 Å². The minimum absolute atomic E-state index is 0.589. The second-order valence-electron chi connectivity index (χ2n) is 5.88. The molecule has 0 amide bonds. The van der Waals surface area contributed by atoms with Gasteiger partial charge in [-0.15, -0.1) is 0 Å². The second-order valence-corrected chi connectivity index (χ2v) is 5.88. The largest absolute Gasteiger partial charge is 0.379 e. The van der Waals surface area contributed by atoms with Gasteiger partial charge in [-0.25, -0.2) is 0 Å². The Morgan fingerprint density at radius 1 is 1.33 bits per heavy atom. The Hall–Kier alpha value is -0.160. The van der Waals surface area contributed by atoms with E-state index in [1.54, 1.807) is 0 Å². The summed E-state index contributed by atoms with van der Waals surface area (Å²) in [5.74, 6) is 0. The van der Waals surface area contributed by atoms with Crippen LogP contribution in [0.15, 0.2) is 0 Å². The number of ether oxygens (including phenoxy) is 1. The molecule has 0 aromatic carbocycles. The van der Waals surface area contributed by atoms with Gasteiger partial charge in [0.2, 0.25) is 0 Å². The van der Waals surface area contributed by atoms with Gasteiger partial charge >= 0.3 is 0 Å². The van der Waals surface area contributed by atoms with Gasteiger partial charge in [-0.2, -0.15) is 0 Å². The highest BCUT2D eigenvalue weighted by atomic mass is 16.5. The van der Waals surface area contributed by atoms with Crippen LogP contribution in [0.5, 0.6) is 0 Å². The molecule has 1 heterocycles. The van der Waals surface area contributed by atoms with E-state index in [9.17, 15) is 0 Å². The Morgan fingerprint density at radius 2 is 2.11 bits per heavy atom. The highest BCUT2D eigenvalue weighted by Gasteiger charge is 2.19. The van der Waals surface area contributed by atoms with E-state index in [1.165, 1.54) is 25.9 Å². The second kappa shape index (κ2) is 8.86. The lowest BCUT2D eigenvalue weighted by molar-refractivity contribution is 0.0804. The third-order valence-corrected chi connectivity index (χ3v) is 3.31. The Morgan fingerprint density at radius 3 is 2.78 bits per heavy atom. The molecule has 1 unspecified atom stereocenters. The number of nitrogens with one attached hydrogen (secondary N) is 1. The average molecular weight is 257 g/mol. The SMILES string of the molecule is CC(C)NC1CCCN(CCOCCN(C)C)C1. The Labute approximate surface area is 113 Å². The molecule has 0 radical (unpaired) electrons. The van der Waals surface area contributed by atoms with Gasteiger partial charge in [-0.1, -0.05) is 13.8 Å². The zero-order valence-corrected chi connectivity index (χ0v) is 12.6. The van der Waals surface area contributed by atoms with Crippen LogP contribution in [-0.2, 0) is 4.74 Å². The molecular formula is C14H31N3O. The molecule has 1 aliphatic heterocycles. The lowest BCUT2D eigenvalue weighted by Crippen LogP contribution is -2.48. The normalized spacial score (nSPS) is 22.0. The zero-order valence-electron chi connectivity index (χ0n) is 12.6. The molecule has 0 spiro atoms. The monoisotopic (exact) mass is 257 g/mol. The number of nitrogens with zero attached hydrogens (tertiary/aromatic N) is 2. The van der Waals surface area contributed by atoms with Crippen molar-refractivity contribution in [3.05, 3.63) is 0 Å². The molecule has 1 rings (SSSR count). The van der Waals surface area contributed by atoms with Crippen molar-refractivity contribution in [3.8, 4) is 0 Å². The molecule has 1 fully saturated rings. The molecule has 0 aromatic rings. The minimum atomic E-state index is 0.589. The highest BCUT2D eigenvalue weighted by molar-refractivity contribution is 4.79. The summed E-state index contributed by atoms with van der Waals surface area (Å²) in [7, 11) is 4.16. The summed E-state index contributed by atoms with van der Waals surface area (Å²) in [4.78, 5) is 4.68. The summed E-state index contributed by atoms with van der Waals surface area (Å²) in [6, 6.07) is 1.26. The maximum absolute atomic E-state index is 5.66. The molecule has 1 atom stereocenters. The van der Waals surface area contributed by atoms with Crippen molar-refractivity contribution in [2.45, 2.75) is 38.8 Å². The van der Waals surface area contributed by atoms with Gasteiger partial charge in [0.1, 0.15) is 0 Å². The number of hydrogen-bond acceptors (Lipinski definition) is 4. The summed E-state index contributed by atoms with van der Waals surface area (Å²) in [5, 5.41) is 3.64. The molecular weight excluding hydrogens is 226 g/mol. The van der Waals surface area contributed by atoms with E-state index in [1.807, 2.05) is 0 Å². The van der Waals surface area contributed by atoms with Gasteiger partial charge in [0, 0.05) is 31.7 Å². The van der Waals surface area contributed by atoms with Gasteiger partial charge < -0.3 is 15.0 Å². The minimum Gasteiger partial charge on any atom is -0.379 e. The van der Waals surface area contributed by atoms with E-state index < -0.39 is 0 Å². The van der Waals surface area contributed by atoms with Crippen LogP contribution < -0.4 is 5.32 Å². The number of piperidine rings is 1. The first-order valence-electron chi connectivity index (χ1n) is 7.29. The van der Waals surface area contributed by atoms with E-state index in [0.29, 0.717) is 12.1 Å². The molecule has 18 heavy (non-hydrogen) atoms. The predicted molar refractivity (Wildman–Crippen MR) is 77.1 cm³/mol. The van der Waals surface area contributed by atoms with Gasteiger partial charge in [0.15, 0.2) is 0 Å². The summed E-state index contributed by atoms with van der Waals surface area (Å²) in [6.45, 7) is 10.6. The Kier molecular flexibility index (Phi) is 7.82. The zero-order chi connectivity index (χ0) is 13.4. The van der Waals surface area contributed by atoms with Gasteiger partial charge in [0.25, 0.3) is 0 Å². The van der Waals surface area contributed by atoms with Crippen molar-refractivity contribution in [2.75, 3.05) is 53.5 Å². The van der Waals surface area contributed by atoms with Crippen LogP contribution >= 0.6 is 0 Å². The molecule has 0 aromatic heterocycles. The molecule has 108 valence electrons. The number of hydrogen-bond donors (Lipinski definition) is 1. The number of likely N-dealkylation sites (tertiary alicyclic amines) is 1. The van der Waals surface area contributed by atoms with Crippen LogP contribution in [0.25, 0.3) is 0 Å². The fraction of sp³-hybridized carbons (Fsp3) is 1.00. The van der Waals surface area contributed by atoms with E-state index in [4.69, 9.17) is 4.74 Å². The average Bonchev–Trinajstić information content (AvgIpc) is 2.27. The smallest absolute Gasteiger partial charge is 0.0594 e. The number of likely N-dealkylation sites (N-methyl/N-ethyl adjacent to an activating group) is 1. The standard InChI is InChI=1S/C14H31N3O/c1-13(2)15-14-6-5-7-17(12-14)9-11-18-10-8-16(3)4/h13-15H,5-12H2,1-4H3. The summed E-state index contributed by atoms with van der Waals surface area (Å²) in [6.07, 6.45) is 2.62. The molecule has 4 nitrogen and oxygen atoms in total. The molecule has 0 saturated carbocycles. The lowest BCUT2D eigenvalue weighted by Gasteiger charge is -2.34. The first kappa shape index (κ1) is 15.9. The molecule has 1 N–H and O–H groups in total. The first-order chi connectivity index (χ1) is 8.58. The van der Waals surface area contributed by atoms with Crippen LogP contribution in [0, 0.1) is 0 Å². The maximum atomic E-state index is 5.66. The van der Waals surface area contributed by atoms with Crippen molar-refractivity contribution in [3.63, 3.8) is 0 Å². The predicted octanol–water partition coefficient (Wildman–Crippen LogP) is 1.03. The van der Waals surface area contributed by atoms with Gasteiger partial charge in [-0.05, 0) is 33.5 Å². The molecule has 4 heteroatoms. The highest BCUT2D eigenvalue weighted by Crippen LogP contribution is 2.10. The van der Waals surface area contributed by atoms with Crippen LogP contribution in [0.1, 0.15) is 26.7 Å². The Bertz CT molecular complexity index is 209. The lowest BCUT2D eigenvalue weighted by atomic mass is 10.1. The number of rotatable bonds is 8. The summed E-state index contributed by atoms with van der Waals surface area (Å²) in [5.41, 5.74) is 0. The fourth-order valence-corrected chi connectivity index (χ4v) is 2.41. The summed E-state index contributed by atoms with van der Waals surface area (Å²) >= 11 is 0. The van der Waals surface area contributed by atoms with Crippen LogP contribution in [0.2, 0.25) is 0 Å². The van der Waals surface area contributed by atoms with Crippen molar-refractivity contribution < 1.29 is 4.74 Å². The van der Waals surface area contributed by atoms with Crippen LogP contribution in [0.3, 0.4) is 0 Å². The maximum Gasteiger partial charge on any atom is 0.0594 e. The molecule has 1 aliphatic rings. The summed E-state index contributed by atoms with van der Waals surface area (Å²) < 4.78 is 5.66. The molecule has 1 saturated heterocycles. The van der Waals surface area contributed by atoms with Crippen molar-refractivity contribution >= 4 is 0 Å². The first-order valence-corrected chi connectivity index (χ1v) is 7.29. The fourth-order valence-electron chi connectivity index (χ4n) is 2.41. The van der Waals surface area contributed by atoms with E-state index >= 15 is 0 Å². The quantitative estimate of drug-likeness (QED) is 0.657. The van der Waals surface area contributed by atoms with E-state index in [2.05, 4.69) is 43.1 Å². The van der Waals surface area contributed by atoms with Gasteiger partial charge in [0.05, 0.1) is 13.2 Å². The van der Waals surface area contributed by atoms with Gasteiger partial charge in [-0.3, -0.25) is 4.90 Å². The van der Waals surface area contributed by atoms with Crippen LogP contribution in [-0.4, -0.2) is 75.4 Å². The van der Waals surface area contributed by atoms with Crippen molar-refractivity contribution in [2.24, 2.45) is 0 Å². The Balaban J connectivity index is 2.07. The van der Waals surface area contributed by atoms with Crippen molar-refractivity contribution in [1.29, 1.82) is 0 Å². The third kappa shape index (κ3) is 7.31. The topological polar surface area (TPSA) is 27.7 Å². The van der Waals surface area contributed by atoms with E-state index in [-0.39, 0.29) is 0 Å². The van der Waals surface area contributed by atoms with Crippen LogP contribution in [0.4, 0.5) is 0 Å². The molecule has 0 bridgehead atoms. The van der Waals surface area contributed by atoms with E-state index in [0.717, 1.165) is 26.3 Å².